The fraction of sp³-hybridized carbons (Fsp3) is 0.727. The minimum absolute atomic E-state index is 0.345. The Hall–Kier alpha value is -1.07. The second kappa shape index (κ2) is 4.84. The van der Waals surface area contributed by atoms with Crippen molar-refractivity contribution in [3.63, 3.8) is 0 Å². The molecule has 2 N–H and O–H groups in total. The first kappa shape index (κ1) is 11.4. The Labute approximate surface area is 96.2 Å². The molecule has 1 atom stereocenters. The highest BCUT2D eigenvalue weighted by Gasteiger charge is 2.16. The molecule has 0 amide bonds. The summed E-state index contributed by atoms with van der Waals surface area (Å²) in [6.45, 7) is 8.89. The van der Waals surface area contributed by atoms with E-state index in [1.807, 2.05) is 11.6 Å². The van der Waals surface area contributed by atoms with Crippen LogP contribution in [0.25, 0.3) is 0 Å². The summed E-state index contributed by atoms with van der Waals surface area (Å²) in [5.41, 5.74) is 7.58. The zero-order chi connectivity index (χ0) is 11.5. The topological polar surface area (TPSA) is 56.3 Å². The number of ether oxygens (including phenoxy) is 1. The summed E-state index contributed by atoms with van der Waals surface area (Å²) in [5, 5.41) is 4.25. The van der Waals surface area contributed by atoms with E-state index in [4.69, 9.17) is 10.5 Å². The number of morpholine rings is 1. The van der Waals surface area contributed by atoms with Crippen molar-refractivity contribution in [3.05, 3.63) is 11.9 Å². The maximum atomic E-state index is 5.75. The Balaban J connectivity index is 1.85. The summed E-state index contributed by atoms with van der Waals surface area (Å²) >= 11 is 0. The average molecular weight is 224 g/mol. The minimum Gasteiger partial charge on any atom is -0.396 e. The highest BCUT2D eigenvalue weighted by molar-refractivity contribution is 5.39. The number of nitrogens with two attached hydrogens (primary N) is 1. The molecule has 0 saturated carbocycles. The van der Waals surface area contributed by atoms with Gasteiger partial charge in [-0.3, -0.25) is 9.58 Å². The van der Waals surface area contributed by atoms with Gasteiger partial charge in [0.1, 0.15) is 0 Å². The second-order valence-corrected chi connectivity index (χ2v) is 4.39. The molecule has 0 radical (unpaired) electrons. The third kappa shape index (κ3) is 2.54. The van der Waals surface area contributed by atoms with Crippen molar-refractivity contribution in [2.45, 2.75) is 26.5 Å². The molecule has 0 aliphatic carbocycles. The molecule has 0 spiro atoms. The third-order valence-corrected chi connectivity index (χ3v) is 3.09. The molecule has 90 valence electrons. The van der Waals surface area contributed by atoms with Crippen molar-refractivity contribution in [2.75, 3.05) is 32.0 Å². The van der Waals surface area contributed by atoms with Crippen LogP contribution in [0.1, 0.15) is 12.6 Å². The Morgan fingerprint density at radius 1 is 1.56 bits per heavy atom. The van der Waals surface area contributed by atoms with Gasteiger partial charge in [-0.2, -0.15) is 5.10 Å². The van der Waals surface area contributed by atoms with Crippen LogP contribution in [-0.2, 0) is 11.3 Å². The predicted molar refractivity (Wildman–Crippen MR) is 63.2 cm³/mol. The number of nitrogens with zero attached hydrogens (tertiary/aromatic N) is 3. The highest BCUT2D eigenvalue weighted by Crippen LogP contribution is 2.09. The van der Waals surface area contributed by atoms with Crippen LogP contribution in [0.3, 0.4) is 0 Å². The molecule has 2 rings (SSSR count). The molecular weight excluding hydrogens is 204 g/mol. The molecule has 1 aliphatic rings. The van der Waals surface area contributed by atoms with Crippen LogP contribution in [0.4, 0.5) is 5.69 Å². The predicted octanol–water partition coefficient (Wildman–Crippen LogP) is 0.494. The standard InChI is InChI=1S/C11H20N4O/c1-9-8-14(5-6-16-9)3-4-15-10(2)11(12)7-13-15/h7,9H,3-6,8,12H2,1-2H3/t9-/m0/s1. The molecule has 5 nitrogen and oxygen atoms in total. The van der Waals surface area contributed by atoms with Crippen molar-refractivity contribution in [1.82, 2.24) is 14.7 Å². The van der Waals surface area contributed by atoms with Gasteiger partial charge in [0.05, 0.1) is 36.8 Å². The van der Waals surface area contributed by atoms with Gasteiger partial charge in [-0.15, -0.1) is 0 Å². The summed E-state index contributed by atoms with van der Waals surface area (Å²) in [6, 6.07) is 0. The largest absolute Gasteiger partial charge is 0.396 e. The summed E-state index contributed by atoms with van der Waals surface area (Å²) < 4.78 is 7.47. The summed E-state index contributed by atoms with van der Waals surface area (Å²) in [7, 11) is 0. The van der Waals surface area contributed by atoms with E-state index >= 15 is 0 Å². The molecule has 5 heteroatoms. The summed E-state index contributed by atoms with van der Waals surface area (Å²) in [4.78, 5) is 2.41. The van der Waals surface area contributed by atoms with Gasteiger partial charge in [0.25, 0.3) is 0 Å². The molecule has 0 unspecified atom stereocenters. The molecule has 2 heterocycles. The molecule has 1 aromatic rings. The number of rotatable bonds is 3. The summed E-state index contributed by atoms with van der Waals surface area (Å²) in [5.74, 6) is 0. The normalized spacial score (nSPS) is 22.5. The number of anilines is 1. The smallest absolute Gasteiger partial charge is 0.0730 e. The van der Waals surface area contributed by atoms with Crippen LogP contribution in [0.15, 0.2) is 6.20 Å². The van der Waals surface area contributed by atoms with Gasteiger partial charge < -0.3 is 10.5 Å². The van der Waals surface area contributed by atoms with Gasteiger partial charge in [-0.05, 0) is 13.8 Å². The zero-order valence-electron chi connectivity index (χ0n) is 10.0. The first-order valence-electron chi connectivity index (χ1n) is 5.78. The lowest BCUT2D eigenvalue weighted by molar-refractivity contribution is -0.0194. The van der Waals surface area contributed by atoms with Crippen molar-refractivity contribution in [1.29, 1.82) is 0 Å². The fourth-order valence-electron chi connectivity index (χ4n) is 2.02. The highest BCUT2D eigenvalue weighted by atomic mass is 16.5. The van der Waals surface area contributed by atoms with Crippen molar-refractivity contribution < 1.29 is 4.74 Å². The lowest BCUT2D eigenvalue weighted by Crippen LogP contribution is -2.42. The summed E-state index contributed by atoms with van der Waals surface area (Å²) in [6.07, 6.45) is 2.06. The van der Waals surface area contributed by atoms with E-state index in [-0.39, 0.29) is 0 Å². The van der Waals surface area contributed by atoms with Crippen LogP contribution < -0.4 is 5.73 Å². The van der Waals surface area contributed by atoms with E-state index < -0.39 is 0 Å². The number of hydrogen-bond donors (Lipinski definition) is 1. The Morgan fingerprint density at radius 2 is 2.38 bits per heavy atom. The van der Waals surface area contributed by atoms with Gasteiger partial charge >= 0.3 is 0 Å². The SMILES string of the molecule is Cc1c(N)cnn1CCN1CCO[C@@H](C)C1. The number of aromatic nitrogens is 2. The zero-order valence-corrected chi connectivity index (χ0v) is 10.0. The first-order chi connectivity index (χ1) is 7.66. The molecule has 0 aromatic carbocycles. The number of nitrogen functional groups attached to an aromatic ring is 1. The average Bonchev–Trinajstić information content (AvgIpc) is 2.57. The van der Waals surface area contributed by atoms with E-state index in [9.17, 15) is 0 Å². The van der Waals surface area contributed by atoms with Gasteiger partial charge in [-0.1, -0.05) is 0 Å². The molecule has 1 saturated heterocycles. The van der Waals surface area contributed by atoms with Gasteiger partial charge in [0.2, 0.25) is 0 Å². The lowest BCUT2D eigenvalue weighted by atomic mass is 10.3. The van der Waals surface area contributed by atoms with Crippen LogP contribution >= 0.6 is 0 Å². The third-order valence-electron chi connectivity index (χ3n) is 3.09. The molecule has 16 heavy (non-hydrogen) atoms. The fourth-order valence-corrected chi connectivity index (χ4v) is 2.02. The number of hydrogen-bond acceptors (Lipinski definition) is 4. The maximum absolute atomic E-state index is 5.75. The quantitative estimate of drug-likeness (QED) is 0.812. The maximum Gasteiger partial charge on any atom is 0.0730 e. The van der Waals surface area contributed by atoms with Gasteiger partial charge in [0.15, 0.2) is 0 Å². The Bertz CT molecular complexity index is 350. The molecule has 0 bridgehead atoms. The van der Waals surface area contributed by atoms with Gasteiger partial charge in [0, 0.05) is 19.6 Å². The Kier molecular flexibility index (Phi) is 3.46. The molecular formula is C11H20N4O. The van der Waals surface area contributed by atoms with Crippen molar-refractivity contribution >= 4 is 5.69 Å². The lowest BCUT2D eigenvalue weighted by Gasteiger charge is -2.31. The van der Waals surface area contributed by atoms with Crippen molar-refractivity contribution in [2.24, 2.45) is 0 Å². The van der Waals surface area contributed by atoms with E-state index in [0.29, 0.717) is 6.10 Å². The minimum atomic E-state index is 0.345. The van der Waals surface area contributed by atoms with E-state index in [1.165, 1.54) is 0 Å². The van der Waals surface area contributed by atoms with Crippen LogP contribution in [0, 0.1) is 6.92 Å². The van der Waals surface area contributed by atoms with Crippen molar-refractivity contribution in [3.8, 4) is 0 Å². The van der Waals surface area contributed by atoms with E-state index in [0.717, 1.165) is 44.2 Å². The monoisotopic (exact) mass is 224 g/mol. The molecule has 1 aliphatic heterocycles. The van der Waals surface area contributed by atoms with Crippen LogP contribution in [-0.4, -0.2) is 47.0 Å². The first-order valence-corrected chi connectivity index (χ1v) is 5.78. The van der Waals surface area contributed by atoms with E-state index in [1.54, 1.807) is 6.20 Å². The Morgan fingerprint density at radius 3 is 3.00 bits per heavy atom. The van der Waals surface area contributed by atoms with Gasteiger partial charge in [-0.25, -0.2) is 0 Å². The second-order valence-electron chi connectivity index (χ2n) is 4.39. The van der Waals surface area contributed by atoms with Crippen LogP contribution in [0.5, 0.6) is 0 Å². The molecule has 1 fully saturated rings. The molecule has 1 aromatic heterocycles. The van der Waals surface area contributed by atoms with E-state index in [2.05, 4.69) is 16.9 Å². The van der Waals surface area contributed by atoms with Crippen LogP contribution in [0.2, 0.25) is 0 Å².